The molecule has 4 N–H and O–H groups in total. The Labute approximate surface area is 201 Å². The fraction of sp³-hybridized carbons (Fsp3) is 0.208. The Morgan fingerprint density at radius 2 is 1.42 bits per heavy atom. The Balaban J connectivity index is 1.60. The van der Waals surface area contributed by atoms with Gasteiger partial charge in [-0.1, -0.05) is 12.1 Å². The highest BCUT2D eigenvalue weighted by Gasteiger charge is 2.36. The van der Waals surface area contributed by atoms with E-state index in [2.05, 4.69) is 15.6 Å². The molecule has 3 aromatic rings. The number of hydrogen-bond donors (Lipinski definition) is 3. The van der Waals surface area contributed by atoms with Crippen LogP contribution in [0.1, 0.15) is 45.1 Å². The van der Waals surface area contributed by atoms with E-state index in [-0.39, 0.29) is 24.0 Å². The smallest absolute Gasteiger partial charge is 0.352 e. The van der Waals surface area contributed by atoms with Crippen LogP contribution in [0.5, 0.6) is 0 Å². The summed E-state index contributed by atoms with van der Waals surface area (Å²) in [5, 5.41) is 4.97. The molecule has 1 aromatic heterocycles. The zero-order valence-electron chi connectivity index (χ0n) is 18.5. The second-order valence-electron chi connectivity index (χ2n) is 7.81. The highest BCUT2D eigenvalue weighted by molar-refractivity contribution is 6.04. The largest absolute Gasteiger partial charge is 0.416 e. The van der Waals surface area contributed by atoms with Crippen LogP contribution in [0.15, 0.2) is 67.0 Å². The SMILES string of the molecule is NC(CC(=O)NCc1cc(C(F)(F)F)cc(C(F)(F)F)c1)c1ccc(C(=O)Nc2ccncc2)cc1. The third kappa shape index (κ3) is 7.28. The van der Waals surface area contributed by atoms with Gasteiger partial charge in [-0.15, -0.1) is 0 Å². The molecule has 1 unspecified atom stereocenters. The van der Waals surface area contributed by atoms with Crippen molar-refractivity contribution in [2.24, 2.45) is 5.73 Å². The molecule has 0 bridgehead atoms. The van der Waals surface area contributed by atoms with Crippen LogP contribution in [0.3, 0.4) is 0 Å². The first-order chi connectivity index (χ1) is 16.8. The summed E-state index contributed by atoms with van der Waals surface area (Å²) in [6, 6.07) is 9.61. The van der Waals surface area contributed by atoms with Gasteiger partial charge in [0.1, 0.15) is 0 Å². The lowest BCUT2D eigenvalue weighted by Gasteiger charge is -2.16. The molecular formula is C24H20F6N4O2. The molecule has 3 rings (SSSR count). The van der Waals surface area contributed by atoms with Gasteiger partial charge in [-0.05, 0) is 53.6 Å². The van der Waals surface area contributed by atoms with Gasteiger partial charge in [0.2, 0.25) is 5.91 Å². The monoisotopic (exact) mass is 510 g/mol. The van der Waals surface area contributed by atoms with E-state index in [0.29, 0.717) is 28.9 Å². The summed E-state index contributed by atoms with van der Waals surface area (Å²) < 4.78 is 77.9. The van der Waals surface area contributed by atoms with Crippen LogP contribution in [0, 0.1) is 0 Å². The number of alkyl halides is 6. The predicted octanol–water partition coefficient (Wildman–Crippen LogP) is 5.08. The minimum absolute atomic E-state index is 0.0161. The number of nitrogens with one attached hydrogen (secondary N) is 2. The van der Waals surface area contributed by atoms with Crippen molar-refractivity contribution >= 4 is 17.5 Å². The van der Waals surface area contributed by atoms with E-state index in [4.69, 9.17) is 5.73 Å². The van der Waals surface area contributed by atoms with Crippen molar-refractivity contribution in [3.8, 4) is 0 Å². The summed E-state index contributed by atoms with van der Waals surface area (Å²) in [6.07, 6.45) is -7.21. The van der Waals surface area contributed by atoms with Crippen LogP contribution >= 0.6 is 0 Å². The standard InChI is InChI=1S/C24H20F6N4O2/c25-23(26,27)17-9-14(10-18(11-17)24(28,29)30)13-33-21(35)12-20(31)15-1-3-16(4-2-15)22(36)34-19-5-7-32-8-6-19/h1-11,20H,12-13,31H2,(H,33,35)(H,32,34,36). The molecule has 0 saturated heterocycles. The van der Waals surface area contributed by atoms with Crippen molar-refractivity contribution in [3.05, 3.63) is 94.8 Å². The number of carbonyl (C=O) groups is 2. The van der Waals surface area contributed by atoms with Gasteiger partial charge in [0.25, 0.3) is 5.91 Å². The normalized spacial score (nSPS) is 12.6. The summed E-state index contributed by atoms with van der Waals surface area (Å²) in [7, 11) is 0. The summed E-state index contributed by atoms with van der Waals surface area (Å²) in [6.45, 7) is -0.549. The first kappa shape index (κ1) is 26.7. The minimum Gasteiger partial charge on any atom is -0.352 e. The molecule has 0 aliphatic rings. The molecule has 0 spiro atoms. The average Bonchev–Trinajstić information content (AvgIpc) is 2.82. The maximum atomic E-state index is 13.0. The number of hydrogen-bond acceptors (Lipinski definition) is 4. The van der Waals surface area contributed by atoms with Gasteiger partial charge in [-0.2, -0.15) is 26.3 Å². The minimum atomic E-state index is -4.98. The van der Waals surface area contributed by atoms with E-state index in [9.17, 15) is 35.9 Å². The van der Waals surface area contributed by atoms with Gasteiger partial charge < -0.3 is 16.4 Å². The number of rotatable bonds is 7. The van der Waals surface area contributed by atoms with Gasteiger partial charge in [0, 0.05) is 42.7 Å². The first-order valence-corrected chi connectivity index (χ1v) is 10.4. The summed E-state index contributed by atoms with van der Waals surface area (Å²) in [5.74, 6) is -1.05. The van der Waals surface area contributed by atoms with E-state index in [1.54, 1.807) is 24.3 Å². The quantitative estimate of drug-likeness (QED) is 0.387. The fourth-order valence-electron chi connectivity index (χ4n) is 3.23. The Bertz CT molecular complexity index is 1180. The van der Waals surface area contributed by atoms with Gasteiger partial charge >= 0.3 is 12.4 Å². The highest BCUT2D eigenvalue weighted by Crippen LogP contribution is 2.36. The Morgan fingerprint density at radius 1 is 0.861 bits per heavy atom. The molecule has 190 valence electrons. The lowest BCUT2D eigenvalue weighted by molar-refractivity contribution is -0.143. The van der Waals surface area contributed by atoms with E-state index in [0.717, 1.165) is 0 Å². The predicted molar refractivity (Wildman–Crippen MR) is 118 cm³/mol. The number of benzene rings is 2. The van der Waals surface area contributed by atoms with Crippen LogP contribution in [0.2, 0.25) is 0 Å². The van der Waals surface area contributed by atoms with Gasteiger partial charge in [0.05, 0.1) is 11.1 Å². The van der Waals surface area contributed by atoms with Gasteiger partial charge in [-0.25, -0.2) is 0 Å². The summed E-state index contributed by atoms with van der Waals surface area (Å²) >= 11 is 0. The van der Waals surface area contributed by atoms with E-state index in [1.165, 1.54) is 24.5 Å². The maximum absolute atomic E-state index is 13.0. The van der Waals surface area contributed by atoms with E-state index in [1.807, 2.05) is 0 Å². The van der Waals surface area contributed by atoms with Gasteiger partial charge in [-0.3, -0.25) is 14.6 Å². The summed E-state index contributed by atoms with van der Waals surface area (Å²) in [4.78, 5) is 28.4. The van der Waals surface area contributed by atoms with Gasteiger partial charge in [0.15, 0.2) is 0 Å². The molecule has 2 aromatic carbocycles. The molecule has 2 amide bonds. The van der Waals surface area contributed by atoms with Crippen LogP contribution in [-0.2, 0) is 23.7 Å². The molecule has 12 heteroatoms. The first-order valence-electron chi connectivity index (χ1n) is 10.4. The zero-order valence-corrected chi connectivity index (χ0v) is 18.5. The van der Waals surface area contributed by atoms with Crippen LogP contribution in [0.25, 0.3) is 0 Å². The molecule has 0 saturated carbocycles. The van der Waals surface area contributed by atoms with Crippen molar-refractivity contribution in [2.75, 3.05) is 5.32 Å². The lowest BCUT2D eigenvalue weighted by atomic mass is 10.0. The molecule has 0 fully saturated rings. The second kappa shape index (κ2) is 10.8. The zero-order chi connectivity index (χ0) is 26.5. The van der Waals surface area contributed by atoms with Crippen LogP contribution in [-0.4, -0.2) is 16.8 Å². The number of nitrogens with two attached hydrogens (primary N) is 1. The van der Waals surface area contributed by atoms with E-state index < -0.39 is 42.0 Å². The van der Waals surface area contributed by atoms with Crippen molar-refractivity contribution < 1.29 is 35.9 Å². The number of aromatic nitrogens is 1. The van der Waals surface area contributed by atoms with Crippen molar-refractivity contribution in [2.45, 2.75) is 31.4 Å². The highest BCUT2D eigenvalue weighted by atomic mass is 19.4. The van der Waals surface area contributed by atoms with Crippen molar-refractivity contribution in [1.82, 2.24) is 10.3 Å². The van der Waals surface area contributed by atoms with Crippen LogP contribution in [0.4, 0.5) is 32.0 Å². The second-order valence-corrected chi connectivity index (χ2v) is 7.81. The number of carbonyl (C=O) groups excluding carboxylic acids is 2. The lowest BCUT2D eigenvalue weighted by Crippen LogP contribution is -2.27. The molecule has 36 heavy (non-hydrogen) atoms. The molecule has 0 aliphatic carbocycles. The Hall–Kier alpha value is -3.93. The Kier molecular flexibility index (Phi) is 7.98. The Morgan fingerprint density at radius 3 is 1.94 bits per heavy atom. The van der Waals surface area contributed by atoms with Crippen molar-refractivity contribution in [3.63, 3.8) is 0 Å². The molecule has 1 heterocycles. The fourth-order valence-corrected chi connectivity index (χ4v) is 3.23. The van der Waals surface area contributed by atoms with Crippen molar-refractivity contribution in [1.29, 1.82) is 0 Å². The molecule has 6 nitrogen and oxygen atoms in total. The number of anilines is 1. The number of nitrogens with zero attached hydrogens (tertiary/aromatic N) is 1. The molecule has 0 radical (unpaired) electrons. The average molecular weight is 510 g/mol. The topological polar surface area (TPSA) is 97.1 Å². The maximum Gasteiger partial charge on any atom is 0.416 e. The number of amides is 2. The molecule has 0 aliphatic heterocycles. The third-order valence-electron chi connectivity index (χ3n) is 5.08. The van der Waals surface area contributed by atoms with Crippen LogP contribution < -0.4 is 16.4 Å². The summed E-state index contributed by atoms with van der Waals surface area (Å²) in [5.41, 5.74) is 4.11. The third-order valence-corrected chi connectivity index (χ3v) is 5.08. The number of pyridine rings is 1. The molecular weight excluding hydrogens is 490 g/mol. The number of halogens is 6. The van der Waals surface area contributed by atoms with E-state index >= 15 is 0 Å². The molecule has 1 atom stereocenters.